The van der Waals surface area contributed by atoms with E-state index in [1.807, 2.05) is 6.92 Å². The van der Waals surface area contributed by atoms with Crippen LogP contribution in [0.25, 0.3) is 5.69 Å². The van der Waals surface area contributed by atoms with Crippen LogP contribution >= 0.6 is 0 Å². The van der Waals surface area contributed by atoms with Gasteiger partial charge in [-0.3, -0.25) is 0 Å². The first kappa shape index (κ1) is 10.8. The molecular weight excluding hydrogens is 207 g/mol. The van der Waals surface area contributed by atoms with Crippen molar-refractivity contribution in [2.75, 3.05) is 0 Å². The first-order chi connectivity index (χ1) is 7.59. The second-order valence-electron chi connectivity index (χ2n) is 3.81. The molecule has 4 heteroatoms. The first-order valence-corrected chi connectivity index (χ1v) is 5.07. The van der Waals surface area contributed by atoms with Crippen LogP contribution in [0.2, 0.25) is 0 Å². The molecule has 0 bridgehead atoms. The quantitative estimate of drug-likeness (QED) is 0.843. The lowest BCUT2D eigenvalue weighted by molar-refractivity contribution is 0.194. The fourth-order valence-corrected chi connectivity index (χ4v) is 1.68. The lowest BCUT2D eigenvalue weighted by atomic mass is 10.1. The molecule has 1 heterocycles. The highest BCUT2D eigenvalue weighted by molar-refractivity contribution is 5.42. The van der Waals surface area contributed by atoms with Crippen LogP contribution in [0.1, 0.15) is 24.2 Å². The lowest BCUT2D eigenvalue weighted by Gasteiger charge is -2.12. The molecule has 0 aliphatic rings. The second kappa shape index (κ2) is 4.06. The van der Waals surface area contributed by atoms with E-state index in [2.05, 4.69) is 5.10 Å². The van der Waals surface area contributed by atoms with E-state index in [-0.39, 0.29) is 5.56 Å². The zero-order valence-electron chi connectivity index (χ0n) is 9.18. The number of nitrogens with zero attached hydrogens (tertiary/aromatic N) is 2. The van der Waals surface area contributed by atoms with Gasteiger partial charge in [-0.05, 0) is 31.5 Å². The number of hydrogen-bond acceptors (Lipinski definition) is 2. The van der Waals surface area contributed by atoms with Gasteiger partial charge < -0.3 is 5.11 Å². The number of aryl methyl sites for hydroxylation is 1. The van der Waals surface area contributed by atoms with Crippen LogP contribution in [0.5, 0.6) is 0 Å². The summed E-state index contributed by atoms with van der Waals surface area (Å²) in [7, 11) is 0. The number of aliphatic hydroxyl groups excluding tert-OH is 1. The van der Waals surface area contributed by atoms with E-state index in [1.54, 1.807) is 29.2 Å². The maximum atomic E-state index is 13.6. The van der Waals surface area contributed by atoms with Crippen molar-refractivity contribution in [3.05, 3.63) is 47.5 Å². The smallest absolute Gasteiger partial charge is 0.131 e. The second-order valence-corrected chi connectivity index (χ2v) is 3.81. The van der Waals surface area contributed by atoms with Crippen molar-refractivity contribution in [1.29, 1.82) is 0 Å². The minimum Gasteiger partial charge on any atom is -0.389 e. The number of aliphatic hydroxyl groups is 1. The Balaban J connectivity index is 2.60. The molecule has 1 N–H and O–H groups in total. The van der Waals surface area contributed by atoms with Gasteiger partial charge in [-0.1, -0.05) is 6.07 Å². The molecule has 16 heavy (non-hydrogen) atoms. The normalized spacial score (nSPS) is 12.8. The van der Waals surface area contributed by atoms with Gasteiger partial charge in [0.15, 0.2) is 0 Å². The fourth-order valence-electron chi connectivity index (χ4n) is 1.68. The van der Waals surface area contributed by atoms with Crippen molar-refractivity contribution in [3.63, 3.8) is 0 Å². The van der Waals surface area contributed by atoms with Gasteiger partial charge in [-0.15, -0.1) is 0 Å². The molecule has 1 atom stereocenters. The van der Waals surface area contributed by atoms with Crippen LogP contribution in [0.4, 0.5) is 4.39 Å². The van der Waals surface area contributed by atoms with Gasteiger partial charge in [0.25, 0.3) is 0 Å². The Hall–Kier alpha value is -1.68. The minimum absolute atomic E-state index is 0.269. The van der Waals surface area contributed by atoms with Gasteiger partial charge in [0.05, 0.1) is 18.0 Å². The van der Waals surface area contributed by atoms with Crippen LogP contribution < -0.4 is 0 Å². The molecular formula is C12H13FN2O. The van der Waals surface area contributed by atoms with Crippen LogP contribution in [0.15, 0.2) is 30.6 Å². The third-order valence-electron chi connectivity index (χ3n) is 2.41. The summed E-state index contributed by atoms with van der Waals surface area (Å²) < 4.78 is 15.2. The van der Waals surface area contributed by atoms with Crippen molar-refractivity contribution < 1.29 is 9.50 Å². The number of rotatable bonds is 2. The largest absolute Gasteiger partial charge is 0.389 e. The minimum atomic E-state index is -0.860. The average Bonchev–Trinajstić information content (AvgIpc) is 2.63. The highest BCUT2D eigenvalue weighted by atomic mass is 19.1. The van der Waals surface area contributed by atoms with Gasteiger partial charge >= 0.3 is 0 Å². The molecule has 84 valence electrons. The van der Waals surface area contributed by atoms with Crippen LogP contribution in [0, 0.1) is 12.7 Å². The standard InChI is InChI=1S/C12H13FN2O/c1-8-6-14-15(7-8)11-5-3-4-10(13)12(11)9(2)16/h3-7,9,16H,1-2H3/t9-/m1/s1. The summed E-state index contributed by atoms with van der Waals surface area (Å²) in [6, 6.07) is 4.67. The Kier molecular flexibility index (Phi) is 2.75. The van der Waals surface area contributed by atoms with Gasteiger partial charge in [-0.25, -0.2) is 9.07 Å². The summed E-state index contributed by atoms with van der Waals surface area (Å²) in [5, 5.41) is 13.7. The van der Waals surface area contributed by atoms with Crippen LogP contribution in [-0.2, 0) is 0 Å². The van der Waals surface area contributed by atoms with Crippen LogP contribution in [-0.4, -0.2) is 14.9 Å². The third kappa shape index (κ3) is 1.84. The molecule has 2 aromatic rings. The fraction of sp³-hybridized carbons (Fsp3) is 0.250. The number of halogens is 1. The highest BCUT2D eigenvalue weighted by Gasteiger charge is 2.14. The first-order valence-electron chi connectivity index (χ1n) is 5.07. The summed E-state index contributed by atoms with van der Waals surface area (Å²) in [4.78, 5) is 0. The summed E-state index contributed by atoms with van der Waals surface area (Å²) in [5.74, 6) is -0.416. The monoisotopic (exact) mass is 220 g/mol. The average molecular weight is 220 g/mol. The molecule has 0 spiro atoms. The summed E-state index contributed by atoms with van der Waals surface area (Å²) >= 11 is 0. The van der Waals surface area contributed by atoms with E-state index in [4.69, 9.17) is 0 Å². The number of aromatic nitrogens is 2. The molecule has 0 amide bonds. The molecule has 0 unspecified atom stereocenters. The molecule has 3 nitrogen and oxygen atoms in total. The molecule has 0 fully saturated rings. The van der Waals surface area contributed by atoms with Gasteiger partial charge in [-0.2, -0.15) is 5.10 Å². The Morgan fingerprint density at radius 1 is 1.44 bits per heavy atom. The van der Waals surface area contributed by atoms with Gasteiger partial charge in [0.1, 0.15) is 5.82 Å². The zero-order chi connectivity index (χ0) is 11.7. The Labute approximate surface area is 93.2 Å². The predicted molar refractivity (Wildman–Crippen MR) is 58.9 cm³/mol. The topological polar surface area (TPSA) is 38.0 Å². The van der Waals surface area contributed by atoms with E-state index >= 15 is 0 Å². The lowest BCUT2D eigenvalue weighted by Crippen LogP contribution is -2.05. The van der Waals surface area contributed by atoms with E-state index in [0.717, 1.165) is 5.56 Å². The molecule has 0 saturated carbocycles. The molecule has 1 aromatic heterocycles. The maximum absolute atomic E-state index is 13.6. The highest BCUT2D eigenvalue weighted by Crippen LogP contribution is 2.24. The van der Waals surface area contributed by atoms with E-state index in [9.17, 15) is 9.50 Å². The number of hydrogen-bond donors (Lipinski definition) is 1. The third-order valence-corrected chi connectivity index (χ3v) is 2.41. The zero-order valence-corrected chi connectivity index (χ0v) is 9.18. The SMILES string of the molecule is Cc1cnn(-c2cccc(F)c2[C@@H](C)O)c1. The Bertz CT molecular complexity index is 505. The van der Waals surface area contributed by atoms with E-state index in [1.165, 1.54) is 13.0 Å². The van der Waals surface area contributed by atoms with Gasteiger partial charge in [0, 0.05) is 11.8 Å². The van der Waals surface area contributed by atoms with Crippen LogP contribution in [0.3, 0.4) is 0 Å². The molecule has 0 aliphatic carbocycles. The maximum Gasteiger partial charge on any atom is 0.131 e. The van der Waals surface area contributed by atoms with E-state index < -0.39 is 11.9 Å². The van der Waals surface area contributed by atoms with Crippen molar-refractivity contribution >= 4 is 0 Å². The van der Waals surface area contributed by atoms with E-state index in [0.29, 0.717) is 5.69 Å². The Morgan fingerprint density at radius 3 is 2.75 bits per heavy atom. The van der Waals surface area contributed by atoms with Crippen molar-refractivity contribution in [2.45, 2.75) is 20.0 Å². The molecule has 1 aromatic carbocycles. The summed E-state index contributed by atoms with van der Waals surface area (Å²) in [5.41, 5.74) is 1.83. The Morgan fingerprint density at radius 2 is 2.19 bits per heavy atom. The van der Waals surface area contributed by atoms with Gasteiger partial charge in [0.2, 0.25) is 0 Å². The predicted octanol–water partition coefficient (Wildman–Crippen LogP) is 2.37. The molecule has 0 saturated heterocycles. The number of benzene rings is 1. The summed E-state index contributed by atoms with van der Waals surface area (Å²) in [6.45, 7) is 3.45. The summed E-state index contributed by atoms with van der Waals surface area (Å²) in [6.07, 6.45) is 2.62. The van der Waals surface area contributed by atoms with Crippen molar-refractivity contribution in [1.82, 2.24) is 9.78 Å². The molecule has 2 rings (SSSR count). The molecule has 0 radical (unpaired) electrons. The van der Waals surface area contributed by atoms with Crippen molar-refractivity contribution in [2.24, 2.45) is 0 Å². The molecule has 0 aliphatic heterocycles. The van der Waals surface area contributed by atoms with Crippen molar-refractivity contribution in [3.8, 4) is 5.69 Å².